The van der Waals surface area contributed by atoms with E-state index < -0.39 is 0 Å². The summed E-state index contributed by atoms with van der Waals surface area (Å²) in [4.78, 5) is 4.06. The third-order valence-corrected chi connectivity index (χ3v) is 2.05. The molecule has 1 aromatic heterocycles. The van der Waals surface area contributed by atoms with Gasteiger partial charge in [-0.15, -0.1) is 0 Å². The van der Waals surface area contributed by atoms with E-state index in [4.69, 9.17) is 0 Å². The number of pyridine rings is 1. The highest BCUT2D eigenvalue weighted by atomic mass is 14.6. The Morgan fingerprint density at radius 1 is 1.15 bits per heavy atom. The number of benzene rings is 1. The van der Waals surface area contributed by atoms with Gasteiger partial charge in [0, 0.05) is 12.4 Å². The minimum atomic E-state index is 1.20. The van der Waals surface area contributed by atoms with Crippen molar-refractivity contribution >= 4 is 0 Å². The number of hydrogen-bond donors (Lipinski definition) is 0. The second kappa shape index (κ2) is 3.40. The van der Waals surface area contributed by atoms with E-state index in [9.17, 15) is 0 Å². The zero-order valence-corrected chi connectivity index (χ0v) is 7.49. The topological polar surface area (TPSA) is 12.9 Å². The van der Waals surface area contributed by atoms with Crippen molar-refractivity contribution in [1.82, 2.24) is 4.98 Å². The Balaban J connectivity index is 2.54. The fourth-order valence-corrected chi connectivity index (χ4v) is 1.36. The third kappa shape index (κ3) is 1.59. The molecule has 0 spiro atoms. The highest BCUT2D eigenvalue weighted by Crippen LogP contribution is 2.20. The van der Waals surface area contributed by atoms with E-state index in [1.165, 1.54) is 16.7 Å². The van der Waals surface area contributed by atoms with E-state index >= 15 is 0 Å². The second-order valence-electron chi connectivity index (χ2n) is 2.98. The Morgan fingerprint density at radius 3 is 2.62 bits per heavy atom. The summed E-state index contributed by atoms with van der Waals surface area (Å²) in [5.41, 5.74) is 3.66. The Hall–Kier alpha value is -1.63. The number of rotatable bonds is 1. The molecule has 0 atom stereocenters. The van der Waals surface area contributed by atoms with Crippen molar-refractivity contribution in [2.45, 2.75) is 6.92 Å². The van der Waals surface area contributed by atoms with Crippen LogP contribution in [-0.2, 0) is 0 Å². The largest absolute Gasteiger partial charge is 0.264 e. The number of aryl methyl sites for hydroxylation is 1. The first-order valence-corrected chi connectivity index (χ1v) is 4.25. The van der Waals surface area contributed by atoms with Crippen LogP contribution in [0.3, 0.4) is 0 Å². The minimum absolute atomic E-state index is 1.20. The Morgan fingerprint density at radius 2 is 1.92 bits per heavy atom. The van der Waals surface area contributed by atoms with Gasteiger partial charge in [-0.25, -0.2) is 0 Å². The lowest BCUT2D eigenvalue weighted by Crippen LogP contribution is -1.83. The molecule has 0 N–H and O–H groups in total. The predicted molar refractivity (Wildman–Crippen MR) is 53.2 cm³/mol. The van der Waals surface area contributed by atoms with Crippen LogP contribution in [0.25, 0.3) is 11.1 Å². The summed E-state index contributed by atoms with van der Waals surface area (Å²) in [6, 6.07) is 13.0. The van der Waals surface area contributed by atoms with Crippen LogP contribution >= 0.6 is 0 Å². The summed E-state index contributed by atoms with van der Waals surface area (Å²) in [6.07, 6.45) is 3.70. The van der Waals surface area contributed by atoms with Gasteiger partial charge in [-0.3, -0.25) is 4.98 Å². The van der Waals surface area contributed by atoms with Crippen LogP contribution in [0.4, 0.5) is 0 Å². The highest BCUT2D eigenvalue weighted by molar-refractivity contribution is 5.65. The molecule has 0 amide bonds. The number of hydrogen-bond acceptors (Lipinski definition) is 1. The summed E-state index contributed by atoms with van der Waals surface area (Å²) in [7, 11) is 0. The molecule has 0 aliphatic rings. The molecular weight excluding hydrogens is 158 g/mol. The van der Waals surface area contributed by atoms with Crippen molar-refractivity contribution in [2.24, 2.45) is 0 Å². The van der Waals surface area contributed by atoms with E-state index in [1.54, 1.807) is 0 Å². The molecule has 13 heavy (non-hydrogen) atoms. The van der Waals surface area contributed by atoms with E-state index in [0.29, 0.717) is 0 Å². The van der Waals surface area contributed by atoms with Gasteiger partial charge in [0.05, 0.1) is 0 Å². The van der Waals surface area contributed by atoms with E-state index in [-0.39, 0.29) is 0 Å². The Bertz CT molecular complexity index is 393. The third-order valence-electron chi connectivity index (χ3n) is 2.05. The maximum absolute atomic E-state index is 4.06. The van der Waals surface area contributed by atoms with Crippen molar-refractivity contribution < 1.29 is 0 Å². The van der Waals surface area contributed by atoms with Crippen LogP contribution in [-0.4, -0.2) is 4.98 Å². The zero-order chi connectivity index (χ0) is 9.10. The van der Waals surface area contributed by atoms with Crippen LogP contribution < -0.4 is 0 Å². The van der Waals surface area contributed by atoms with Crippen molar-refractivity contribution in [3.63, 3.8) is 0 Å². The highest BCUT2D eigenvalue weighted by Gasteiger charge is 1.98. The summed E-state index contributed by atoms with van der Waals surface area (Å²) < 4.78 is 0. The Labute approximate surface area is 78.1 Å². The van der Waals surface area contributed by atoms with Crippen LogP contribution in [0.1, 0.15) is 5.56 Å². The van der Waals surface area contributed by atoms with E-state index in [0.717, 1.165) is 0 Å². The molecule has 63 valence electrons. The molecule has 1 nitrogen and oxygen atoms in total. The number of nitrogens with zero attached hydrogens (tertiary/aromatic N) is 1. The second-order valence-corrected chi connectivity index (χ2v) is 2.98. The van der Waals surface area contributed by atoms with Gasteiger partial charge in [0.25, 0.3) is 0 Å². The predicted octanol–water partition coefficient (Wildman–Crippen LogP) is 2.86. The molecule has 0 fully saturated rings. The summed E-state index contributed by atoms with van der Waals surface area (Å²) in [6.45, 7) is 2.07. The Kier molecular flexibility index (Phi) is 2.09. The van der Waals surface area contributed by atoms with Crippen molar-refractivity contribution in [3.05, 3.63) is 54.4 Å². The molecular formula is C12H10N. The van der Waals surface area contributed by atoms with Gasteiger partial charge < -0.3 is 0 Å². The van der Waals surface area contributed by atoms with Crippen molar-refractivity contribution in [3.8, 4) is 11.1 Å². The maximum Gasteiger partial charge on any atom is 0.0303 e. The quantitative estimate of drug-likeness (QED) is 0.638. The average molecular weight is 168 g/mol. The molecule has 2 aromatic rings. The lowest BCUT2D eigenvalue weighted by Gasteiger charge is -2.03. The van der Waals surface area contributed by atoms with Crippen LogP contribution in [0.5, 0.6) is 0 Å². The first-order chi connectivity index (χ1) is 6.38. The van der Waals surface area contributed by atoms with Crippen molar-refractivity contribution in [2.75, 3.05) is 0 Å². The normalized spacial score (nSPS) is 9.92. The maximum atomic E-state index is 4.06. The van der Waals surface area contributed by atoms with Gasteiger partial charge in [0.15, 0.2) is 0 Å². The van der Waals surface area contributed by atoms with Crippen molar-refractivity contribution in [1.29, 1.82) is 0 Å². The van der Waals surface area contributed by atoms with E-state index in [2.05, 4.69) is 30.1 Å². The van der Waals surface area contributed by atoms with Crippen LogP contribution in [0.2, 0.25) is 0 Å². The average Bonchev–Trinajstić information content (AvgIpc) is 2.20. The van der Waals surface area contributed by atoms with Gasteiger partial charge in [0.2, 0.25) is 0 Å². The molecule has 1 aromatic carbocycles. The van der Waals surface area contributed by atoms with Gasteiger partial charge in [-0.2, -0.15) is 0 Å². The summed E-state index contributed by atoms with van der Waals surface area (Å²) in [5, 5.41) is 0. The summed E-state index contributed by atoms with van der Waals surface area (Å²) in [5.74, 6) is 0. The monoisotopic (exact) mass is 168 g/mol. The standard InChI is InChI=1S/C12H10N/c1-10-9-13-8-7-12(10)11-5-3-2-4-6-11/h3-9H,1H3. The van der Waals surface area contributed by atoms with Gasteiger partial charge in [0.1, 0.15) is 0 Å². The van der Waals surface area contributed by atoms with Gasteiger partial charge >= 0.3 is 0 Å². The van der Waals surface area contributed by atoms with Crippen LogP contribution in [0, 0.1) is 13.0 Å². The number of aromatic nitrogens is 1. The molecule has 0 saturated carbocycles. The lowest BCUT2D eigenvalue weighted by molar-refractivity contribution is 1.27. The molecule has 0 saturated heterocycles. The van der Waals surface area contributed by atoms with E-state index in [1.807, 2.05) is 30.6 Å². The first-order valence-electron chi connectivity index (χ1n) is 4.25. The molecule has 2 rings (SSSR count). The summed E-state index contributed by atoms with van der Waals surface area (Å²) >= 11 is 0. The van der Waals surface area contributed by atoms with Gasteiger partial charge in [-0.05, 0) is 35.7 Å². The fourth-order valence-electron chi connectivity index (χ4n) is 1.36. The molecule has 1 radical (unpaired) electrons. The molecule has 1 heterocycles. The smallest absolute Gasteiger partial charge is 0.0303 e. The SMILES string of the molecule is Cc1cnccc1-c1cc[c]cc1. The fraction of sp³-hybridized carbons (Fsp3) is 0.0833. The molecule has 0 bridgehead atoms. The van der Waals surface area contributed by atoms with Crippen LogP contribution in [0.15, 0.2) is 42.7 Å². The lowest BCUT2D eigenvalue weighted by atomic mass is 10.0. The molecule has 0 unspecified atom stereocenters. The first kappa shape index (κ1) is 7.99. The molecule has 1 heteroatoms. The van der Waals surface area contributed by atoms with Gasteiger partial charge in [-0.1, -0.05) is 24.3 Å². The molecule has 0 aliphatic heterocycles. The minimum Gasteiger partial charge on any atom is -0.264 e. The zero-order valence-electron chi connectivity index (χ0n) is 7.49. The molecule has 0 aliphatic carbocycles.